The van der Waals surface area contributed by atoms with Gasteiger partial charge in [-0.25, -0.2) is 19.3 Å². The number of H-pyrrole nitrogens is 1. The van der Waals surface area contributed by atoms with Crippen molar-refractivity contribution in [3.63, 3.8) is 0 Å². The molecule has 10 heteroatoms. The molecular formula is C26H31FN6O3. The van der Waals surface area contributed by atoms with Crippen LogP contribution in [0, 0.1) is 11.2 Å². The number of rotatable bonds is 8. The van der Waals surface area contributed by atoms with Gasteiger partial charge in [0.05, 0.1) is 35.7 Å². The molecule has 3 heterocycles. The molecule has 36 heavy (non-hydrogen) atoms. The van der Waals surface area contributed by atoms with Gasteiger partial charge >= 0.3 is 0 Å². The summed E-state index contributed by atoms with van der Waals surface area (Å²) in [6.07, 6.45) is 4.06. The second-order valence-electron chi connectivity index (χ2n) is 9.71. The van der Waals surface area contributed by atoms with Crippen molar-refractivity contribution < 1.29 is 18.7 Å². The fourth-order valence-corrected chi connectivity index (χ4v) is 4.14. The van der Waals surface area contributed by atoms with Crippen LogP contribution in [0.2, 0.25) is 0 Å². The third-order valence-electron chi connectivity index (χ3n) is 6.56. The first-order valence-electron chi connectivity index (χ1n) is 12.3. The van der Waals surface area contributed by atoms with Crippen LogP contribution in [0.4, 0.5) is 10.3 Å². The summed E-state index contributed by atoms with van der Waals surface area (Å²) in [5.41, 5.74) is 1.86. The highest BCUT2D eigenvalue weighted by molar-refractivity contribution is 5.82. The molecule has 1 saturated carbocycles. The van der Waals surface area contributed by atoms with Gasteiger partial charge in [0, 0.05) is 31.4 Å². The van der Waals surface area contributed by atoms with Crippen LogP contribution in [0.15, 0.2) is 36.5 Å². The smallest absolute Gasteiger partial charge is 0.230 e. The van der Waals surface area contributed by atoms with Crippen molar-refractivity contribution in [3.05, 3.63) is 48.2 Å². The van der Waals surface area contributed by atoms with Crippen molar-refractivity contribution in [1.82, 2.24) is 25.3 Å². The number of hydrogen-bond acceptors (Lipinski definition) is 7. The Hall–Kier alpha value is -3.37. The number of carbonyl (C=O) groups excluding carboxylic acids is 1. The Morgan fingerprint density at radius 3 is 2.58 bits per heavy atom. The van der Waals surface area contributed by atoms with Crippen molar-refractivity contribution in [2.45, 2.75) is 45.4 Å². The minimum absolute atomic E-state index is 0.0942. The molecule has 2 N–H and O–H groups in total. The number of carbonyl (C=O) groups is 1. The van der Waals surface area contributed by atoms with E-state index in [-0.39, 0.29) is 24.9 Å². The van der Waals surface area contributed by atoms with Gasteiger partial charge in [0.2, 0.25) is 18.1 Å². The van der Waals surface area contributed by atoms with Crippen molar-refractivity contribution in [2.24, 2.45) is 5.41 Å². The van der Waals surface area contributed by atoms with Crippen molar-refractivity contribution in [1.29, 1.82) is 0 Å². The van der Waals surface area contributed by atoms with E-state index in [0.717, 1.165) is 24.8 Å². The molecule has 2 aliphatic rings. The molecule has 2 fully saturated rings. The molecule has 0 spiro atoms. The largest absolute Gasteiger partial charge is 0.355 e. The number of halogens is 1. The van der Waals surface area contributed by atoms with Crippen LogP contribution in [0.25, 0.3) is 22.6 Å². The summed E-state index contributed by atoms with van der Waals surface area (Å²) in [4.78, 5) is 32.0. The molecule has 1 aliphatic heterocycles. The Morgan fingerprint density at radius 1 is 1.19 bits per heavy atom. The molecule has 2 aromatic heterocycles. The zero-order valence-corrected chi connectivity index (χ0v) is 20.8. The van der Waals surface area contributed by atoms with Crippen molar-refractivity contribution in [3.8, 4) is 22.6 Å². The topological polar surface area (TPSA) is 105 Å². The van der Waals surface area contributed by atoms with Crippen LogP contribution < -0.4 is 10.2 Å². The number of amides is 1. The zero-order chi connectivity index (χ0) is 25.3. The Balaban J connectivity index is 1.44. The maximum atomic E-state index is 13.6. The minimum atomic E-state index is -0.782. The minimum Gasteiger partial charge on any atom is -0.355 e. The first-order chi connectivity index (χ1) is 17.4. The molecule has 190 valence electrons. The summed E-state index contributed by atoms with van der Waals surface area (Å²) >= 11 is 0. The van der Waals surface area contributed by atoms with Gasteiger partial charge in [-0.2, -0.15) is 0 Å². The molecule has 0 unspecified atom stereocenters. The quantitative estimate of drug-likeness (QED) is 0.490. The third-order valence-corrected chi connectivity index (χ3v) is 6.56. The highest BCUT2D eigenvalue weighted by atomic mass is 19.1. The summed E-state index contributed by atoms with van der Waals surface area (Å²) in [6, 6.07) is 8.42. The van der Waals surface area contributed by atoms with Gasteiger partial charge in [0.25, 0.3) is 0 Å². The molecule has 0 atom stereocenters. The maximum Gasteiger partial charge on any atom is 0.230 e. The van der Waals surface area contributed by atoms with E-state index in [9.17, 15) is 9.18 Å². The average molecular weight is 495 g/mol. The number of aromatic amines is 1. The molecule has 3 aromatic rings. The predicted molar refractivity (Wildman–Crippen MR) is 132 cm³/mol. The normalized spacial score (nSPS) is 21.8. The standard InChI is InChI=1S/C26H31FN6O3/c1-4-12-28-24(34)26(2)14-35-23(36-15-26)22-31-20(16-5-7-17(27)8-6-16)21(32-22)19-11-13-29-25(30-19)33(3)18-9-10-18/h5-8,11,13,18,23H,4,9-10,12,14-15H2,1-3H3,(H,28,34)(H,31,32). The van der Waals surface area contributed by atoms with Crippen LogP contribution in [0.5, 0.6) is 0 Å². The van der Waals surface area contributed by atoms with E-state index in [1.54, 1.807) is 18.3 Å². The molecule has 0 bridgehead atoms. The summed E-state index contributed by atoms with van der Waals surface area (Å²) in [6.45, 7) is 4.82. The van der Waals surface area contributed by atoms with E-state index in [4.69, 9.17) is 19.4 Å². The Bertz CT molecular complexity index is 1220. The Kier molecular flexibility index (Phi) is 6.72. The second kappa shape index (κ2) is 9.94. The molecule has 9 nitrogen and oxygen atoms in total. The van der Waals surface area contributed by atoms with E-state index in [1.807, 2.05) is 27.0 Å². The summed E-state index contributed by atoms with van der Waals surface area (Å²) in [7, 11) is 1.99. The number of imidazole rings is 1. The summed E-state index contributed by atoms with van der Waals surface area (Å²) in [5, 5.41) is 2.91. The number of hydrogen-bond donors (Lipinski definition) is 2. The molecule has 5 rings (SSSR count). The second-order valence-corrected chi connectivity index (χ2v) is 9.71. The monoisotopic (exact) mass is 494 g/mol. The summed E-state index contributed by atoms with van der Waals surface area (Å²) < 4.78 is 25.6. The average Bonchev–Trinajstić information content (AvgIpc) is 3.66. The van der Waals surface area contributed by atoms with Gasteiger partial charge < -0.3 is 24.7 Å². The Morgan fingerprint density at radius 2 is 1.92 bits per heavy atom. The van der Waals surface area contributed by atoms with E-state index in [2.05, 4.69) is 20.2 Å². The lowest BCUT2D eigenvalue weighted by Gasteiger charge is -2.35. The molecule has 1 aromatic carbocycles. The lowest BCUT2D eigenvalue weighted by Crippen LogP contribution is -2.48. The molecule has 1 saturated heterocycles. The molecular weight excluding hydrogens is 463 g/mol. The summed E-state index contributed by atoms with van der Waals surface area (Å²) in [5.74, 6) is 0.667. The lowest BCUT2D eigenvalue weighted by atomic mass is 9.91. The lowest BCUT2D eigenvalue weighted by molar-refractivity contribution is -0.231. The number of nitrogens with one attached hydrogen (secondary N) is 2. The SMILES string of the molecule is CCCNC(=O)C1(C)COC(c2nc(-c3ccc(F)cc3)c(-c3ccnc(N(C)C4CC4)n3)[nH]2)OC1. The van der Waals surface area contributed by atoms with Gasteiger partial charge in [0.15, 0.2) is 5.82 Å². The van der Waals surface area contributed by atoms with E-state index in [1.165, 1.54) is 12.1 Å². The Labute approximate surface area is 209 Å². The van der Waals surface area contributed by atoms with Crippen LogP contribution >= 0.6 is 0 Å². The van der Waals surface area contributed by atoms with Gasteiger partial charge in [-0.1, -0.05) is 6.92 Å². The van der Waals surface area contributed by atoms with Crippen LogP contribution in [-0.4, -0.2) is 58.7 Å². The van der Waals surface area contributed by atoms with Gasteiger partial charge in [-0.15, -0.1) is 0 Å². The van der Waals surface area contributed by atoms with E-state index in [0.29, 0.717) is 41.4 Å². The number of aromatic nitrogens is 4. The first-order valence-corrected chi connectivity index (χ1v) is 12.3. The van der Waals surface area contributed by atoms with Crippen LogP contribution in [-0.2, 0) is 14.3 Å². The third kappa shape index (κ3) is 4.96. The number of benzene rings is 1. The molecule has 0 radical (unpaired) electrons. The number of nitrogens with zero attached hydrogens (tertiary/aromatic N) is 4. The fourth-order valence-electron chi connectivity index (χ4n) is 4.14. The number of anilines is 1. The van der Waals surface area contributed by atoms with Crippen LogP contribution in [0.1, 0.15) is 45.2 Å². The maximum absolute atomic E-state index is 13.6. The number of ether oxygens (including phenoxy) is 2. The molecule has 1 amide bonds. The van der Waals surface area contributed by atoms with Gasteiger partial charge in [-0.3, -0.25) is 4.79 Å². The van der Waals surface area contributed by atoms with Gasteiger partial charge in [0.1, 0.15) is 5.82 Å². The van der Waals surface area contributed by atoms with E-state index < -0.39 is 11.7 Å². The first kappa shape index (κ1) is 24.3. The fraction of sp³-hybridized carbons (Fsp3) is 0.462. The van der Waals surface area contributed by atoms with Gasteiger partial charge in [-0.05, 0) is 56.5 Å². The predicted octanol–water partition coefficient (Wildman–Crippen LogP) is 3.85. The highest BCUT2D eigenvalue weighted by Crippen LogP contribution is 2.36. The van der Waals surface area contributed by atoms with Crippen molar-refractivity contribution in [2.75, 3.05) is 31.7 Å². The van der Waals surface area contributed by atoms with Crippen LogP contribution in [0.3, 0.4) is 0 Å². The van der Waals surface area contributed by atoms with E-state index >= 15 is 0 Å². The van der Waals surface area contributed by atoms with Crippen molar-refractivity contribution >= 4 is 11.9 Å². The zero-order valence-electron chi connectivity index (χ0n) is 20.8. The highest BCUT2D eigenvalue weighted by Gasteiger charge is 2.40. The molecule has 1 aliphatic carbocycles.